The minimum atomic E-state index is 0.0745. The Morgan fingerprint density at radius 3 is 2.61 bits per heavy atom. The highest BCUT2D eigenvalue weighted by molar-refractivity contribution is 5.79. The molecule has 0 bridgehead atoms. The van der Waals surface area contributed by atoms with Gasteiger partial charge in [-0.15, -0.1) is 0 Å². The summed E-state index contributed by atoms with van der Waals surface area (Å²) in [6, 6.07) is 0. The van der Waals surface area contributed by atoms with E-state index >= 15 is 0 Å². The van der Waals surface area contributed by atoms with Gasteiger partial charge in [0.25, 0.3) is 0 Å². The minimum absolute atomic E-state index is 0.0745. The van der Waals surface area contributed by atoms with E-state index in [9.17, 15) is 4.79 Å². The van der Waals surface area contributed by atoms with Gasteiger partial charge in [-0.3, -0.25) is 4.79 Å². The predicted octanol–water partition coefficient (Wildman–Crippen LogP) is 4.15. The van der Waals surface area contributed by atoms with Crippen LogP contribution in [-0.2, 0) is 4.79 Å². The van der Waals surface area contributed by atoms with Crippen LogP contribution in [0.1, 0.15) is 47.0 Å². The molecule has 1 heteroatoms. The third kappa shape index (κ3) is 1.31. The Morgan fingerprint density at radius 2 is 2.00 bits per heavy atom. The summed E-state index contributed by atoms with van der Waals surface area (Å²) in [5.41, 5.74) is 1.91. The zero-order chi connectivity index (χ0) is 13.2. The van der Waals surface area contributed by atoms with Crippen molar-refractivity contribution < 1.29 is 4.79 Å². The molecule has 1 nitrogen and oxygen atoms in total. The minimum Gasteiger partial charge on any atom is -0.298 e. The summed E-state index contributed by atoms with van der Waals surface area (Å²) in [7, 11) is 0. The molecule has 3 rings (SSSR count). The van der Waals surface area contributed by atoms with Crippen molar-refractivity contribution in [2.45, 2.75) is 47.0 Å². The van der Waals surface area contributed by atoms with Crippen molar-refractivity contribution in [1.29, 1.82) is 0 Å². The van der Waals surface area contributed by atoms with Gasteiger partial charge in [0.15, 0.2) is 0 Å². The number of hydrogen-bond acceptors (Lipinski definition) is 1. The van der Waals surface area contributed by atoms with E-state index in [1.807, 2.05) is 0 Å². The van der Waals surface area contributed by atoms with Crippen molar-refractivity contribution in [2.75, 3.05) is 0 Å². The first-order chi connectivity index (χ1) is 8.38. The van der Waals surface area contributed by atoms with E-state index in [0.29, 0.717) is 16.7 Å². The first kappa shape index (κ1) is 12.2. The van der Waals surface area contributed by atoms with Crippen LogP contribution in [0.4, 0.5) is 0 Å². The molecule has 4 atom stereocenters. The second-order valence-corrected chi connectivity index (χ2v) is 7.65. The lowest BCUT2D eigenvalue weighted by atomic mass is 9.69. The summed E-state index contributed by atoms with van der Waals surface area (Å²) in [6.07, 6.45) is 11.6. The number of aldehydes is 1. The first-order valence-electron chi connectivity index (χ1n) is 7.20. The largest absolute Gasteiger partial charge is 0.298 e. The molecule has 0 aromatic rings. The van der Waals surface area contributed by atoms with Gasteiger partial charge >= 0.3 is 0 Å². The number of carbonyl (C=O) groups excluding carboxylic acids is 1. The Kier molecular flexibility index (Phi) is 2.29. The maximum atomic E-state index is 11.5. The average molecular weight is 244 g/mol. The van der Waals surface area contributed by atoms with E-state index in [-0.39, 0.29) is 5.41 Å². The van der Waals surface area contributed by atoms with E-state index in [0.717, 1.165) is 17.8 Å². The van der Waals surface area contributed by atoms with E-state index in [1.54, 1.807) is 0 Å². The van der Waals surface area contributed by atoms with Gasteiger partial charge in [0, 0.05) is 5.41 Å². The van der Waals surface area contributed by atoms with E-state index in [4.69, 9.17) is 0 Å². The second-order valence-electron chi connectivity index (χ2n) is 7.65. The van der Waals surface area contributed by atoms with Crippen LogP contribution in [0.25, 0.3) is 0 Å². The van der Waals surface area contributed by atoms with Crippen molar-refractivity contribution in [3.63, 3.8) is 0 Å². The van der Waals surface area contributed by atoms with Gasteiger partial charge in [-0.2, -0.15) is 0 Å². The van der Waals surface area contributed by atoms with E-state index < -0.39 is 0 Å². The molecule has 0 unspecified atom stereocenters. The second kappa shape index (κ2) is 3.37. The Balaban J connectivity index is 2.06. The fraction of sp³-hybridized carbons (Fsp3) is 0.706. The molecule has 0 N–H and O–H groups in total. The van der Waals surface area contributed by atoms with Crippen molar-refractivity contribution in [3.05, 3.63) is 23.8 Å². The van der Waals surface area contributed by atoms with E-state index in [2.05, 4.69) is 45.9 Å². The number of carbonyl (C=O) groups is 1. The summed E-state index contributed by atoms with van der Waals surface area (Å²) in [5.74, 6) is 1.40. The number of hydrogen-bond donors (Lipinski definition) is 0. The first-order valence-corrected chi connectivity index (χ1v) is 7.20. The van der Waals surface area contributed by atoms with Crippen molar-refractivity contribution in [3.8, 4) is 0 Å². The Bertz CT molecular complexity index is 456. The monoisotopic (exact) mass is 244 g/mol. The van der Waals surface area contributed by atoms with Gasteiger partial charge in [0.2, 0.25) is 0 Å². The summed E-state index contributed by atoms with van der Waals surface area (Å²) in [6.45, 7) is 9.23. The zero-order valence-corrected chi connectivity index (χ0v) is 12.0. The molecule has 0 aromatic carbocycles. The fourth-order valence-corrected chi connectivity index (χ4v) is 5.07. The summed E-state index contributed by atoms with van der Waals surface area (Å²) < 4.78 is 0. The lowest BCUT2D eigenvalue weighted by molar-refractivity contribution is -0.105. The molecule has 0 heterocycles. The van der Waals surface area contributed by atoms with Crippen LogP contribution < -0.4 is 0 Å². The van der Waals surface area contributed by atoms with Gasteiger partial charge in [-0.1, -0.05) is 39.0 Å². The average Bonchev–Trinajstić information content (AvgIpc) is 2.76. The standard InChI is InChI=1S/C17H24O/c1-5-6-17-11-16(17,4)14-9-15(2,3)8-12(14)7-13(17)10-18/h5-7,10,12,14H,8-9,11H2,1-4H3/b6-5+/t12-,14+,16-,17+/m1/s1. The molecular weight excluding hydrogens is 220 g/mol. The molecule has 0 saturated heterocycles. The van der Waals surface area contributed by atoms with Crippen LogP contribution in [0.15, 0.2) is 23.8 Å². The summed E-state index contributed by atoms with van der Waals surface area (Å²) in [5, 5.41) is 0. The molecule has 0 spiro atoms. The van der Waals surface area contributed by atoms with E-state index in [1.165, 1.54) is 19.3 Å². The zero-order valence-electron chi connectivity index (χ0n) is 12.0. The smallest absolute Gasteiger partial charge is 0.146 e. The molecule has 0 radical (unpaired) electrons. The fourth-order valence-electron chi connectivity index (χ4n) is 5.07. The summed E-state index contributed by atoms with van der Waals surface area (Å²) >= 11 is 0. The normalized spacial score (nSPS) is 48.6. The molecule has 3 aliphatic carbocycles. The van der Waals surface area contributed by atoms with Crippen LogP contribution in [0.2, 0.25) is 0 Å². The Labute approximate surface area is 110 Å². The third-order valence-electron chi connectivity index (χ3n) is 5.92. The third-order valence-corrected chi connectivity index (χ3v) is 5.92. The quantitative estimate of drug-likeness (QED) is 0.527. The molecule has 98 valence electrons. The molecule has 2 saturated carbocycles. The van der Waals surface area contributed by atoms with Crippen LogP contribution in [0.5, 0.6) is 0 Å². The lowest BCUT2D eigenvalue weighted by Gasteiger charge is -2.34. The van der Waals surface area contributed by atoms with Crippen LogP contribution in [0.3, 0.4) is 0 Å². The Morgan fingerprint density at radius 1 is 1.28 bits per heavy atom. The maximum absolute atomic E-state index is 11.5. The van der Waals surface area contributed by atoms with Gasteiger partial charge in [0.05, 0.1) is 0 Å². The highest BCUT2D eigenvalue weighted by atomic mass is 16.1. The number of rotatable bonds is 2. The SMILES string of the molecule is C/C=C/[C@@]12C[C@]1(C)[C@H]1CC(C)(C)C[C@H]1C=C2C=O. The van der Waals surface area contributed by atoms with Crippen molar-refractivity contribution in [2.24, 2.45) is 28.1 Å². The van der Waals surface area contributed by atoms with Crippen LogP contribution >= 0.6 is 0 Å². The molecular formula is C17H24O. The predicted molar refractivity (Wildman–Crippen MR) is 74.1 cm³/mol. The highest BCUT2D eigenvalue weighted by Gasteiger charge is 2.71. The molecule has 3 aliphatic rings. The van der Waals surface area contributed by atoms with Crippen LogP contribution in [0, 0.1) is 28.1 Å². The highest BCUT2D eigenvalue weighted by Crippen LogP contribution is 2.78. The summed E-state index contributed by atoms with van der Waals surface area (Å²) in [4.78, 5) is 11.5. The molecule has 18 heavy (non-hydrogen) atoms. The van der Waals surface area contributed by atoms with Gasteiger partial charge in [-0.25, -0.2) is 0 Å². The molecule has 0 aliphatic heterocycles. The topological polar surface area (TPSA) is 17.1 Å². The molecule has 0 aromatic heterocycles. The number of allylic oxidation sites excluding steroid dienone is 4. The van der Waals surface area contributed by atoms with Gasteiger partial charge < -0.3 is 0 Å². The lowest BCUT2D eigenvalue weighted by Crippen LogP contribution is -2.29. The van der Waals surface area contributed by atoms with Crippen LogP contribution in [-0.4, -0.2) is 6.29 Å². The van der Waals surface area contributed by atoms with Crippen molar-refractivity contribution in [1.82, 2.24) is 0 Å². The maximum Gasteiger partial charge on any atom is 0.146 e. The van der Waals surface area contributed by atoms with Crippen molar-refractivity contribution >= 4 is 6.29 Å². The molecule has 0 amide bonds. The number of fused-ring (bicyclic) bond motifs is 3. The Hall–Kier alpha value is -0.850. The van der Waals surface area contributed by atoms with Gasteiger partial charge in [-0.05, 0) is 54.4 Å². The van der Waals surface area contributed by atoms with Gasteiger partial charge in [0.1, 0.15) is 6.29 Å². The molecule has 2 fully saturated rings.